The van der Waals surface area contributed by atoms with Gasteiger partial charge in [-0.3, -0.25) is 14.3 Å². The Bertz CT molecular complexity index is 916. The van der Waals surface area contributed by atoms with Crippen molar-refractivity contribution in [2.75, 3.05) is 4.72 Å². The van der Waals surface area contributed by atoms with Gasteiger partial charge in [-0.1, -0.05) is 12.1 Å². The van der Waals surface area contributed by atoms with Gasteiger partial charge >= 0.3 is 0 Å². The number of ketones is 1. The van der Waals surface area contributed by atoms with Crippen LogP contribution in [0.15, 0.2) is 53.4 Å². The SMILES string of the molecule is CC(=O)c1cccc(NS(=O)(=O)c2ccc(C(=O)NC3CC3)cc2)c1. The van der Waals surface area contributed by atoms with E-state index < -0.39 is 10.0 Å². The molecule has 6 nitrogen and oxygen atoms in total. The zero-order valence-electron chi connectivity index (χ0n) is 13.7. The summed E-state index contributed by atoms with van der Waals surface area (Å²) in [6.07, 6.45) is 1.98. The molecule has 2 aromatic rings. The lowest BCUT2D eigenvalue weighted by Gasteiger charge is -2.10. The zero-order chi connectivity index (χ0) is 18.0. The second kappa shape index (κ2) is 6.68. The van der Waals surface area contributed by atoms with Crippen molar-refractivity contribution in [3.63, 3.8) is 0 Å². The lowest BCUT2D eigenvalue weighted by atomic mass is 10.1. The van der Waals surface area contributed by atoms with Gasteiger partial charge in [0.25, 0.3) is 15.9 Å². The van der Waals surface area contributed by atoms with Crippen LogP contribution in [0.5, 0.6) is 0 Å². The third kappa shape index (κ3) is 4.24. The lowest BCUT2D eigenvalue weighted by molar-refractivity contribution is 0.0950. The van der Waals surface area contributed by atoms with Crippen LogP contribution in [0.3, 0.4) is 0 Å². The van der Waals surface area contributed by atoms with Gasteiger partial charge in [0.05, 0.1) is 4.90 Å². The summed E-state index contributed by atoms with van der Waals surface area (Å²) in [5.41, 5.74) is 1.15. The molecule has 0 aliphatic heterocycles. The summed E-state index contributed by atoms with van der Waals surface area (Å²) in [5, 5.41) is 2.85. The molecule has 1 aliphatic carbocycles. The summed E-state index contributed by atoms with van der Waals surface area (Å²) in [6.45, 7) is 1.42. The molecule has 1 aliphatic rings. The molecule has 0 bridgehead atoms. The van der Waals surface area contributed by atoms with Crippen LogP contribution in [0.25, 0.3) is 0 Å². The molecular formula is C18H18N2O4S. The van der Waals surface area contributed by atoms with E-state index >= 15 is 0 Å². The Hall–Kier alpha value is -2.67. The monoisotopic (exact) mass is 358 g/mol. The van der Waals surface area contributed by atoms with Gasteiger partial charge in [0.2, 0.25) is 0 Å². The highest BCUT2D eigenvalue weighted by Crippen LogP contribution is 2.21. The van der Waals surface area contributed by atoms with E-state index in [1.54, 1.807) is 18.2 Å². The minimum Gasteiger partial charge on any atom is -0.349 e. The molecule has 1 saturated carbocycles. The first-order valence-corrected chi connectivity index (χ1v) is 9.38. The van der Waals surface area contributed by atoms with Crippen molar-refractivity contribution in [3.05, 3.63) is 59.7 Å². The minimum absolute atomic E-state index is 0.0451. The smallest absolute Gasteiger partial charge is 0.261 e. The number of rotatable bonds is 6. The molecule has 1 fully saturated rings. The topological polar surface area (TPSA) is 92.3 Å². The van der Waals surface area contributed by atoms with E-state index in [0.717, 1.165) is 12.8 Å². The van der Waals surface area contributed by atoms with Crippen molar-refractivity contribution in [2.24, 2.45) is 0 Å². The van der Waals surface area contributed by atoms with Crippen molar-refractivity contribution in [3.8, 4) is 0 Å². The predicted octanol–water partition coefficient (Wildman–Crippen LogP) is 2.58. The molecule has 0 spiro atoms. The van der Waals surface area contributed by atoms with Crippen LogP contribution in [0.4, 0.5) is 5.69 Å². The Labute approximate surface area is 146 Å². The highest BCUT2D eigenvalue weighted by Gasteiger charge is 2.24. The number of hydrogen-bond acceptors (Lipinski definition) is 4. The van der Waals surface area contributed by atoms with E-state index in [1.165, 1.54) is 37.3 Å². The molecule has 130 valence electrons. The van der Waals surface area contributed by atoms with Crippen LogP contribution in [0.1, 0.15) is 40.5 Å². The first kappa shape index (κ1) is 17.2. The standard InChI is InChI=1S/C18H18N2O4S/c1-12(21)14-3-2-4-16(11-14)20-25(23,24)17-9-5-13(6-10-17)18(22)19-15-7-8-15/h2-6,9-11,15,20H,7-8H2,1H3,(H,19,22). The summed E-state index contributed by atoms with van der Waals surface area (Å²) >= 11 is 0. The van der Waals surface area contributed by atoms with Crippen molar-refractivity contribution in [1.29, 1.82) is 0 Å². The fraction of sp³-hybridized carbons (Fsp3) is 0.222. The van der Waals surface area contributed by atoms with E-state index in [9.17, 15) is 18.0 Å². The first-order valence-electron chi connectivity index (χ1n) is 7.90. The van der Waals surface area contributed by atoms with E-state index in [-0.39, 0.29) is 22.6 Å². The van der Waals surface area contributed by atoms with E-state index in [4.69, 9.17) is 0 Å². The summed E-state index contributed by atoms with van der Waals surface area (Å²) in [5.74, 6) is -0.347. The van der Waals surface area contributed by atoms with Crippen LogP contribution in [-0.4, -0.2) is 26.2 Å². The average molecular weight is 358 g/mol. The van der Waals surface area contributed by atoms with Gasteiger partial charge < -0.3 is 5.32 Å². The number of carbonyl (C=O) groups excluding carboxylic acids is 2. The zero-order valence-corrected chi connectivity index (χ0v) is 14.5. The predicted molar refractivity (Wildman–Crippen MR) is 94.2 cm³/mol. The van der Waals surface area contributed by atoms with E-state index in [2.05, 4.69) is 10.0 Å². The van der Waals surface area contributed by atoms with Crippen LogP contribution in [-0.2, 0) is 10.0 Å². The van der Waals surface area contributed by atoms with Crippen molar-refractivity contribution < 1.29 is 18.0 Å². The molecule has 2 aromatic carbocycles. The number of nitrogens with one attached hydrogen (secondary N) is 2. The molecule has 0 atom stereocenters. The second-order valence-electron chi connectivity index (χ2n) is 6.01. The molecule has 3 rings (SSSR count). The largest absolute Gasteiger partial charge is 0.349 e. The maximum absolute atomic E-state index is 12.5. The number of anilines is 1. The van der Waals surface area contributed by atoms with Gasteiger partial charge in [-0.05, 0) is 56.2 Å². The molecule has 0 unspecified atom stereocenters. The summed E-state index contributed by atoms with van der Waals surface area (Å²) in [7, 11) is -3.80. The fourth-order valence-corrected chi connectivity index (χ4v) is 3.35. The molecule has 0 aromatic heterocycles. The number of amides is 1. The average Bonchev–Trinajstić information content (AvgIpc) is 3.38. The maximum atomic E-state index is 12.5. The van der Waals surface area contributed by atoms with E-state index in [1.807, 2.05) is 0 Å². The van der Waals surface area contributed by atoms with Crippen molar-refractivity contribution in [2.45, 2.75) is 30.7 Å². The number of sulfonamides is 1. The van der Waals surface area contributed by atoms with Crippen molar-refractivity contribution >= 4 is 27.4 Å². The third-order valence-corrected chi connectivity index (χ3v) is 5.26. The van der Waals surface area contributed by atoms with Crippen LogP contribution in [0, 0.1) is 0 Å². The van der Waals surface area contributed by atoms with Gasteiger partial charge in [-0.2, -0.15) is 0 Å². The Morgan fingerprint density at radius 1 is 1.00 bits per heavy atom. The fourth-order valence-electron chi connectivity index (χ4n) is 2.30. The normalized spacial score (nSPS) is 14.0. The molecule has 0 saturated heterocycles. The molecule has 25 heavy (non-hydrogen) atoms. The van der Waals surface area contributed by atoms with Gasteiger partial charge in [0.15, 0.2) is 5.78 Å². The van der Waals surface area contributed by atoms with Gasteiger partial charge in [0, 0.05) is 22.9 Å². The summed E-state index contributed by atoms with van der Waals surface area (Å²) in [6, 6.07) is 12.3. The number of Topliss-reactive ketones (excluding diaryl/α,β-unsaturated/α-hetero) is 1. The van der Waals surface area contributed by atoms with Crippen LogP contribution in [0.2, 0.25) is 0 Å². The lowest BCUT2D eigenvalue weighted by Crippen LogP contribution is -2.25. The van der Waals surface area contributed by atoms with Gasteiger partial charge in [-0.15, -0.1) is 0 Å². The number of carbonyl (C=O) groups is 2. The second-order valence-corrected chi connectivity index (χ2v) is 7.70. The first-order chi connectivity index (χ1) is 11.8. The number of benzene rings is 2. The number of hydrogen-bond donors (Lipinski definition) is 2. The molecule has 7 heteroatoms. The maximum Gasteiger partial charge on any atom is 0.261 e. The minimum atomic E-state index is -3.80. The highest BCUT2D eigenvalue weighted by molar-refractivity contribution is 7.92. The van der Waals surface area contributed by atoms with E-state index in [0.29, 0.717) is 16.8 Å². The molecule has 1 amide bonds. The third-order valence-electron chi connectivity index (χ3n) is 3.86. The van der Waals surface area contributed by atoms with Gasteiger partial charge in [-0.25, -0.2) is 8.42 Å². The summed E-state index contributed by atoms with van der Waals surface area (Å²) < 4.78 is 27.4. The van der Waals surface area contributed by atoms with Crippen molar-refractivity contribution in [1.82, 2.24) is 5.32 Å². The molecule has 2 N–H and O–H groups in total. The Kier molecular flexibility index (Phi) is 4.59. The van der Waals surface area contributed by atoms with Gasteiger partial charge in [0.1, 0.15) is 0 Å². The Balaban J connectivity index is 1.76. The molecule has 0 heterocycles. The summed E-state index contributed by atoms with van der Waals surface area (Å²) in [4.78, 5) is 23.4. The van der Waals surface area contributed by atoms with Crippen LogP contribution >= 0.6 is 0 Å². The highest BCUT2D eigenvalue weighted by atomic mass is 32.2. The van der Waals surface area contributed by atoms with Crippen LogP contribution < -0.4 is 10.0 Å². The Morgan fingerprint density at radius 2 is 1.68 bits per heavy atom. The molecule has 0 radical (unpaired) electrons. The quantitative estimate of drug-likeness (QED) is 0.776. The Morgan fingerprint density at radius 3 is 2.28 bits per heavy atom. The molecular weight excluding hydrogens is 340 g/mol.